The Labute approximate surface area is 162 Å². The van der Waals surface area contributed by atoms with Crippen LogP contribution >= 0.6 is 23.2 Å². The first kappa shape index (κ1) is 20.8. The van der Waals surface area contributed by atoms with E-state index in [-0.39, 0.29) is 23.4 Å². The molecule has 0 atom stereocenters. The minimum atomic E-state index is -1.44. The van der Waals surface area contributed by atoms with Crippen molar-refractivity contribution in [2.45, 2.75) is 6.92 Å². The van der Waals surface area contributed by atoms with Crippen LogP contribution in [0.4, 0.5) is 18.9 Å². The summed E-state index contributed by atoms with van der Waals surface area (Å²) in [6.07, 6.45) is 0.878. The molecule has 0 aliphatic rings. The van der Waals surface area contributed by atoms with E-state index in [1.165, 1.54) is 25.1 Å². The first-order valence-corrected chi connectivity index (χ1v) is 8.24. The Kier molecular flexibility index (Phi) is 6.87. The Hall–Kier alpha value is -2.51. The van der Waals surface area contributed by atoms with Crippen molar-refractivity contribution in [1.29, 1.82) is 0 Å². The molecule has 0 saturated heterocycles. The van der Waals surface area contributed by atoms with Gasteiger partial charge in [0.15, 0.2) is 11.6 Å². The lowest BCUT2D eigenvalue weighted by Crippen LogP contribution is -2.12. The van der Waals surface area contributed by atoms with E-state index in [1.54, 1.807) is 0 Å². The van der Waals surface area contributed by atoms with Gasteiger partial charge in [-0.05, 0) is 31.2 Å². The molecule has 2 aromatic rings. The molecular weight excluding hydrogens is 406 g/mol. The van der Waals surface area contributed by atoms with Crippen LogP contribution in [0.5, 0.6) is 0 Å². The first-order chi connectivity index (χ1) is 12.7. The molecule has 0 unspecified atom stereocenters. The van der Waals surface area contributed by atoms with E-state index in [0.717, 1.165) is 6.21 Å². The second-order valence-corrected chi connectivity index (χ2v) is 5.93. The van der Waals surface area contributed by atoms with Gasteiger partial charge < -0.3 is 9.84 Å². The Morgan fingerprint density at radius 1 is 1.15 bits per heavy atom. The molecule has 2 aromatic carbocycles. The molecule has 0 fully saturated rings. The fraction of sp³-hybridized carbons (Fsp3) is 0.111. The molecule has 9 heteroatoms. The Morgan fingerprint density at radius 2 is 1.81 bits per heavy atom. The van der Waals surface area contributed by atoms with Crippen molar-refractivity contribution >= 4 is 46.8 Å². The van der Waals surface area contributed by atoms with Gasteiger partial charge in [0, 0.05) is 17.3 Å². The van der Waals surface area contributed by atoms with Crippen molar-refractivity contribution in [3.05, 3.63) is 69.0 Å². The van der Waals surface area contributed by atoms with Gasteiger partial charge in [0.25, 0.3) is 0 Å². The van der Waals surface area contributed by atoms with Crippen molar-refractivity contribution < 1.29 is 27.8 Å². The van der Waals surface area contributed by atoms with Gasteiger partial charge in [0.1, 0.15) is 17.1 Å². The minimum absolute atomic E-state index is 0.0502. The van der Waals surface area contributed by atoms with Crippen LogP contribution in [0.15, 0.2) is 40.9 Å². The van der Waals surface area contributed by atoms with Crippen LogP contribution in [0.2, 0.25) is 10.0 Å². The number of carbonyl (C=O) groups is 1. The summed E-state index contributed by atoms with van der Waals surface area (Å²) in [7, 11) is 0. The molecule has 0 aromatic heterocycles. The number of ether oxygens (including phenoxy) is 1. The molecule has 27 heavy (non-hydrogen) atoms. The maximum atomic E-state index is 13.9. The van der Waals surface area contributed by atoms with Gasteiger partial charge in [0.05, 0.1) is 22.9 Å². The van der Waals surface area contributed by atoms with E-state index < -0.39 is 40.3 Å². The zero-order valence-electron chi connectivity index (χ0n) is 13.8. The summed E-state index contributed by atoms with van der Waals surface area (Å²) < 4.78 is 45.2. The molecule has 0 saturated carbocycles. The average Bonchev–Trinajstić information content (AvgIpc) is 2.60. The number of aliphatic hydroxyl groups excluding tert-OH is 1. The topological polar surface area (TPSA) is 58.9 Å². The smallest absolute Gasteiger partial charge is 0.343 e. The third kappa shape index (κ3) is 5.02. The maximum Gasteiger partial charge on any atom is 0.343 e. The van der Waals surface area contributed by atoms with E-state index in [2.05, 4.69) is 4.99 Å². The SMILES string of the molecule is CCOC(=O)/C(C=Nc1ccc(Cl)cc1Cl)=C(\O)c1cc(F)c(F)cc1F. The maximum absolute atomic E-state index is 13.9. The first-order valence-electron chi connectivity index (χ1n) is 7.49. The Balaban J connectivity index is 2.57. The number of rotatable bonds is 5. The summed E-state index contributed by atoms with van der Waals surface area (Å²) >= 11 is 11.7. The van der Waals surface area contributed by atoms with Gasteiger partial charge >= 0.3 is 5.97 Å². The lowest BCUT2D eigenvalue weighted by Gasteiger charge is -2.08. The Bertz CT molecular complexity index is 946. The van der Waals surface area contributed by atoms with Crippen molar-refractivity contribution in [2.24, 2.45) is 4.99 Å². The van der Waals surface area contributed by atoms with Gasteiger partial charge in [-0.25, -0.2) is 18.0 Å². The van der Waals surface area contributed by atoms with Crippen LogP contribution in [0.3, 0.4) is 0 Å². The molecule has 2 rings (SSSR count). The van der Waals surface area contributed by atoms with Crippen LogP contribution in [-0.4, -0.2) is 23.9 Å². The second kappa shape index (κ2) is 8.92. The molecular formula is C18H12Cl2F3NO3. The number of aliphatic imine (C=N–C) groups is 1. The number of esters is 1. The van der Waals surface area contributed by atoms with Crippen LogP contribution in [0.25, 0.3) is 5.76 Å². The highest BCUT2D eigenvalue weighted by atomic mass is 35.5. The molecule has 0 radical (unpaired) electrons. The zero-order valence-corrected chi connectivity index (χ0v) is 15.3. The van der Waals surface area contributed by atoms with Crippen LogP contribution in [0, 0.1) is 17.5 Å². The highest BCUT2D eigenvalue weighted by Gasteiger charge is 2.21. The van der Waals surface area contributed by atoms with Gasteiger partial charge in [-0.15, -0.1) is 0 Å². The standard InChI is InChI=1S/C18H12Cl2F3NO3/c1-2-27-18(26)11(8-24-16-4-3-9(19)5-12(16)20)17(25)10-6-14(22)15(23)7-13(10)21/h3-8,25H,2H2,1H3/b17-11-,24-8?. The molecule has 4 nitrogen and oxygen atoms in total. The van der Waals surface area contributed by atoms with Crippen LogP contribution in [0.1, 0.15) is 12.5 Å². The fourth-order valence-electron chi connectivity index (χ4n) is 1.99. The molecule has 1 N–H and O–H groups in total. The van der Waals surface area contributed by atoms with Crippen LogP contribution < -0.4 is 0 Å². The van der Waals surface area contributed by atoms with Crippen molar-refractivity contribution in [1.82, 2.24) is 0 Å². The summed E-state index contributed by atoms with van der Waals surface area (Å²) in [5.74, 6) is -6.14. The lowest BCUT2D eigenvalue weighted by molar-refractivity contribution is -0.137. The number of aliphatic hydroxyl groups is 1. The second-order valence-electron chi connectivity index (χ2n) is 5.08. The highest BCUT2D eigenvalue weighted by molar-refractivity contribution is 6.36. The molecule has 0 aliphatic carbocycles. The summed E-state index contributed by atoms with van der Waals surface area (Å²) in [5, 5.41) is 10.8. The van der Waals surface area contributed by atoms with E-state index in [4.69, 9.17) is 27.9 Å². The van der Waals surface area contributed by atoms with Gasteiger partial charge in [-0.1, -0.05) is 23.2 Å². The number of nitrogens with zero attached hydrogens (tertiary/aromatic N) is 1. The van der Waals surface area contributed by atoms with Crippen molar-refractivity contribution in [3.8, 4) is 0 Å². The zero-order chi connectivity index (χ0) is 20.1. The molecule has 0 amide bonds. The number of halogens is 5. The molecule has 142 valence electrons. The highest BCUT2D eigenvalue weighted by Crippen LogP contribution is 2.28. The van der Waals surface area contributed by atoms with E-state index >= 15 is 0 Å². The number of hydrogen-bond donors (Lipinski definition) is 1. The molecule has 0 spiro atoms. The lowest BCUT2D eigenvalue weighted by atomic mass is 10.1. The summed E-state index contributed by atoms with van der Waals surface area (Å²) in [6, 6.07) is 5.00. The van der Waals surface area contributed by atoms with E-state index in [9.17, 15) is 23.1 Å². The average molecular weight is 418 g/mol. The third-order valence-corrected chi connectivity index (χ3v) is 3.80. The number of benzene rings is 2. The molecule has 0 heterocycles. The normalized spacial score (nSPS) is 12.2. The summed E-state index contributed by atoms with van der Waals surface area (Å²) in [5.41, 5.74) is -1.11. The summed E-state index contributed by atoms with van der Waals surface area (Å²) in [6.45, 7) is 1.46. The Morgan fingerprint density at radius 3 is 2.44 bits per heavy atom. The summed E-state index contributed by atoms with van der Waals surface area (Å²) in [4.78, 5) is 16.0. The largest absolute Gasteiger partial charge is 0.506 e. The fourth-order valence-corrected chi connectivity index (χ4v) is 2.45. The molecule has 0 aliphatic heterocycles. The third-order valence-electron chi connectivity index (χ3n) is 3.26. The predicted octanol–water partition coefficient (Wildman–Crippen LogP) is 5.65. The molecule has 0 bridgehead atoms. The predicted molar refractivity (Wildman–Crippen MR) is 97.1 cm³/mol. The van der Waals surface area contributed by atoms with E-state index in [0.29, 0.717) is 11.1 Å². The van der Waals surface area contributed by atoms with Crippen molar-refractivity contribution in [2.75, 3.05) is 6.61 Å². The quantitative estimate of drug-likeness (QED) is 0.225. The van der Waals surface area contributed by atoms with Crippen LogP contribution in [-0.2, 0) is 9.53 Å². The van der Waals surface area contributed by atoms with Gasteiger partial charge in [-0.2, -0.15) is 0 Å². The van der Waals surface area contributed by atoms with Gasteiger partial charge in [0.2, 0.25) is 0 Å². The van der Waals surface area contributed by atoms with Gasteiger partial charge in [-0.3, -0.25) is 4.99 Å². The minimum Gasteiger partial charge on any atom is -0.506 e. The number of hydrogen-bond acceptors (Lipinski definition) is 4. The number of carbonyl (C=O) groups excluding carboxylic acids is 1. The van der Waals surface area contributed by atoms with E-state index in [1.807, 2.05) is 0 Å². The van der Waals surface area contributed by atoms with Crippen molar-refractivity contribution in [3.63, 3.8) is 0 Å². The monoisotopic (exact) mass is 417 g/mol.